The Morgan fingerprint density at radius 2 is 2.53 bits per heavy atom. The molecule has 90 valence electrons. The lowest BCUT2D eigenvalue weighted by Gasteiger charge is -2.26. The normalized spacial score (nSPS) is 18.2. The van der Waals surface area contributed by atoms with E-state index in [4.69, 9.17) is 5.26 Å². The van der Waals surface area contributed by atoms with Gasteiger partial charge in [0.25, 0.3) is 0 Å². The van der Waals surface area contributed by atoms with Crippen molar-refractivity contribution in [2.45, 2.75) is 31.6 Å². The summed E-state index contributed by atoms with van der Waals surface area (Å²) in [5, 5.41) is 10.6. The summed E-state index contributed by atoms with van der Waals surface area (Å²) >= 11 is 1.75. The first-order valence-corrected chi connectivity index (χ1v) is 6.80. The van der Waals surface area contributed by atoms with Gasteiger partial charge in [-0.25, -0.2) is 0 Å². The van der Waals surface area contributed by atoms with Gasteiger partial charge in [0.1, 0.15) is 0 Å². The molecule has 1 heterocycles. The summed E-state index contributed by atoms with van der Waals surface area (Å²) in [6.07, 6.45) is 3.56. The first kappa shape index (κ1) is 12.1. The fraction of sp³-hybridized carbons (Fsp3) is 0.538. The second kappa shape index (κ2) is 5.33. The number of nitrogens with zero attached hydrogens (tertiary/aromatic N) is 2. The molecule has 0 saturated carbocycles. The third-order valence-corrected chi connectivity index (χ3v) is 4.28. The van der Waals surface area contributed by atoms with Crippen LogP contribution in [0.1, 0.15) is 35.6 Å². The van der Waals surface area contributed by atoms with Crippen LogP contribution in [0.4, 0.5) is 0 Å². The molecule has 0 aromatic carbocycles. The van der Waals surface area contributed by atoms with E-state index in [0.29, 0.717) is 13.0 Å². The number of aryl methyl sites for hydroxylation is 1. The van der Waals surface area contributed by atoms with Crippen LogP contribution in [0.5, 0.6) is 0 Å². The minimum Gasteiger partial charge on any atom is -0.344 e. The zero-order valence-corrected chi connectivity index (χ0v) is 10.8. The van der Waals surface area contributed by atoms with Crippen molar-refractivity contribution in [3.63, 3.8) is 0 Å². The van der Waals surface area contributed by atoms with E-state index in [0.717, 1.165) is 19.3 Å². The number of hydrogen-bond acceptors (Lipinski definition) is 3. The van der Waals surface area contributed by atoms with Crippen LogP contribution in [0, 0.1) is 11.3 Å². The van der Waals surface area contributed by atoms with Gasteiger partial charge in [0.05, 0.1) is 18.4 Å². The van der Waals surface area contributed by atoms with Gasteiger partial charge in [-0.3, -0.25) is 4.79 Å². The highest BCUT2D eigenvalue weighted by atomic mass is 32.1. The van der Waals surface area contributed by atoms with Gasteiger partial charge in [-0.2, -0.15) is 5.26 Å². The summed E-state index contributed by atoms with van der Waals surface area (Å²) in [5.74, 6) is 0.188. The van der Waals surface area contributed by atoms with E-state index in [1.165, 1.54) is 10.4 Å². The maximum absolute atomic E-state index is 12.3. The largest absolute Gasteiger partial charge is 0.344 e. The standard InChI is InChI=1S/C13H16N2OS/c1-15(8-3-7-14)13(16)11-4-2-5-12-10(11)6-9-17-12/h6,9,11H,2-5,8H2,1H3. The Bertz CT molecular complexity index is 447. The van der Waals surface area contributed by atoms with Gasteiger partial charge in [0.2, 0.25) is 5.91 Å². The van der Waals surface area contributed by atoms with Gasteiger partial charge >= 0.3 is 0 Å². The van der Waals surface area contributed by atoms with Crippen LogP contribution >= 0.6 is 11.3 Å². The van der Waals surface area contributed by atoms with Crippen molar-refractivity contribution in [2.75, 3.05) is 13.6 Å². The van der Waals surface area contributed by atoms with Gasteiger partial charge in [-0.15, -0.1) is 11.3 Å². The van der Waals surface area contributed by atoms with Gasteiger partial charge in [-0.05, 0) is 36.3 Å². The molecule has 4 heteroatoms. The Labute approximate surface area is 106 Å². The van der Waals surface area contributed by atoms with Crippen LogP contribution < -0.4 is 0 Å². The molecule has 1 aliphatic carbocycles. The first-order valence-electron chi connectivity index (χ1n) is 5.92. The Kier molecular flexibility index (Phi) is 3.80. The highest BCUT2D eigenvalue weighted by Crippen LogP contribution is 2.35. The van der Waals surface area contributed by atoms with Gasteiger partial charge in [0.15, 0.2) is 0 Å². The molecular weight excluding hydrogens is 232 g/mol. The molecule has 0 bridgehead atoms. The molecule has 0 spiro atoms. The van der Waals surface area contributed by atoms with E-state index in [9.17, 15) is 4.79 Å². The first-order chi connectivity index (χ1) is 8.24. The summed E-state index contributed by atoms with van der Waals surface area (Å²) in [6.45, 7) is 0.533. The molecule has 1 aromatic heterocycles. The molecule has 0 N–H and O–H groups in total. The number of rotatable bonds is 3. The van der Waals surface area contributed by atoms with Crippen LogP contribution in [0.25, 0.3) is 0 Å². The fourth-order valence-electron chi connectivity index (χ4n) is 2.34. The smallest absolute Gasteiger partial charge is 0.229 e. The van der Waals surface area contributed by atoms with Crippen molar-refractivity contribution in [1.82, 2.24) is 4.90 Å². The topological polar surface area (TPSA) is 44.1 Å². The Morgan fingerprint density at radius 3 is 3.29 bits per heavy atom. The minimum atomic E-state index is 0.0219. The summed E-state index contributed by atoms with van der Waals surface area (Å²) in [5.41, 5.74) is 1.22. The van der Waals surface area contributed by atoms with Crippen LogP contribution in [-0.2, 0) is 11.2 Å². The fourth-order valence-corrected chi connectivity index (χ4v) is 3.32. The highest BCUT2D eigenvalue weighted by Gasteiger charge is 2.29. The molecular formula is C13H16N2OS. The average Bonchev–Trinajstić information content (AvgIpc) is 2.82. The van der Waals surface area contributed by atoms with Gasteiger partial charge in [0, 0.05) is 18.5 Å². The third kappa shape index (κ3) is 2.50. The monoisotopic (exact) mass is 248 g/mol. The van der Waals surface area contributed by atoms with E-state index in [1.807, 2.05) is 0 Å². The number of fused-ring (bicyclic) bond motifs is 1. The number of nitriles is 1. The van der Waals surface area contributed by atoms with E-state index in [1.54, 1.807) is 23.3 Å². The SMILES string of the molecule is CN(CCC#N)C(=O)C1CCCc2sccc21. The predicted molar refractivity (Wildman–Crippen MR) is 67.9 cm³/mol. The van der Waals surface area contributed by atoms with Crippen molar-refractivity contribution in [2.24, 2.45) is 0 Å². The van der Waals surface area contributed by atoms with Crippen molar-refractivity contribution in [1.29, 1.82) is 5.26 Å². The highest BCUT2D eigenvalue weighted by molar-refractivity contribution is 7.10. The quantitative estimate of drug-likeness (QED) is 0.825. The average molecular weight is 248 g/mol. The van der Waals surface area contributed by atoms with E-state index < -0.39 is 0 Å². The van der Waals surface area contributed by atoms with Crippen LogP contribution in [-0.4, -0.2) is 24.4 Å². The Morgan fingerprint density at radius 1 is 1.71 bits per heavy atom. The van der Waals surface area contributed by atoms with Crippen molar-refractivity contribution in [3.05, 3.63) is 21.9 Å². The third-order valence-electron chi connectivity index (χ3n) is 3.29. The predicted octanol–water partition coefficient (Wildman–Crippen LogP) is 2.54. The molecule has 0 saturated heterocycles. The Hall–Kier alpha value is -1.34. The molecule has 0 radical (unpaired) electrons. The molecule has 1 aromatic rings. The van der Waals surface area contributed by atoms with Gasteiger partial charge in [-0.1, -0.05) is 0 Å². The number of likely N-dealkylation sites (N-methyl/N-ethyl adjacent to an activating group) is 1. The lowest BCUT2D eigenvalue weighted by atomic mass is 9.87. The van der Waals surface area contributed by atoms with Crippen LogP contribution in [0.3, 0.4) is 0 Å². The summed E-state index contributed by atoms with van der Waals surface area (Å²) in [7, 11) is 1.79. The van der Waals surface area contributed by atoms with Crippen molar-refractivity contribution >= 4 is 17.2 Å². The second-order valence-corrected chi connectivity index (χ2v) is 5.41. The zero-order valence-electron chi connectivity index (χ0n) is 9.98. The molecule has 1 unspecified atom stereocenters. The number of thiophene rings is 1. The van der Waals surface area contributed by atoms with Crippen molar-refractivity contribution < 1.29 is 4.79 Å². The molecule has 0 aliphatic heterocycles. The lowest BCUT2D eigenvalue weighted by Crippen LogP contribution is -2.33. The van der Waals surface area contributed by atoms with Crippen LogP contribution in [0.15, 0.2) is 11.4 Å². The maximum Gasteiger partial charge on any atom is 0.229 e. The maximum atomic E-state index is 12.3. The minimum absolute atomic E-state index is 0.0219. The summed E-state index contributed by atoms with van der Waals surface area (Å²) < 4.78 is 0. The zero-order chi connectivity index (χ0) is 12.3. The molecule has 1 atom stereocenters. The van der Waals surface area contributed by atoms with E-state index in [2.05, 4.69) is 17.5 Å². The Balaban J connectivity index is 2.09. The summed E-state index contributed by atoms with van der Waals surface area (Å²) in [6, 6.07) is 4.16. The molecule has 3 nitrogen and oxygen atoms in total. The number of carbonyl (C=O) groups excluding carboxylic acids is 1. The van der Waals surface area contributed by atoms with Gasteiger partial charge < -0.3 is 4.90 Å². The second-order valence-electron chi connectivity index (χ2n) is 4.41. The lowest BCUT2D eigenvalue weighted by molar-refractivity contribution is -0.131. The molecule has 0 fully saturated rings. The molecule has 2 rings (SSSR count). The molecule has 17 heavy (non-hydrogen) atoms. The number of hydrogen-bond donors (Lipinski definition) is 0. The molecule has 1 amide bonds. The number of carbonyl (C=O) groups is 1. The van der Waals surface area contributed by atoms with Crippen molar-refractivity contribution in [3.8, 4) is 6.07 Å². The molecule has 1 aliphatic rings. The van der Waals surface area contributed by atoms with E-state index in [-0.39, 0.29) is 11.8 Å². The number of amides is 1. The van der Waals surface area contributed by atoms with E-state index >= 15 is 0 Å². The van der Waals surface area contributed by atoms with Crippen LogP contribution in [0.2, 0.25) is 0 Å². The summed E-state index contributed by atoms with van der Waals surface area (Å²) in [4.78, 5) is 15.3.